The molecular formula is C8H9F. The maximum absolute atomic E-state index is 12.4. The SMILES string of the molecule is C[C@H](F)c1ccccc1. The largest absolute Gasteiger partial charge is 0.243 e. The van der Waals surface area contributed by atoms with Gasteiger partial charge in [0.05, 0.1) is 0 Å². The topological polar surface area (TPSA) is 0 Å². The third kappa shape index (κ3) is 1.53. The predicted molar refractivity (Wildman–Crippen MR) is 36.0 cm³/mol. The number of alkyl halides is 1. The standard InChI is InChI=1S/C8H9F/c1-7(9)8-5-3-2-4-6-8/h2-7H,1H3/t7-/m0/s1. The van der Waals surface area contributed by atoms with Crippen LogP contribution in [-0.2, 0) is 0 Å². The van der Waals surface area contributed by atoms with Gasteiger partial charge in [0, 0.05) is 0 Å². The average molecular weight is 124 g/mol. The Kier molecular flexibility index (Phi) is 1.83. The molecular weight excluding hydrogens is 115 g/mol. The zero-order chi connectivity index (χ0) is 6.69. The lowest BCUT2D eigenvalue weighted by Gasteiger charge is -1.98. The third-order valence-electron chi connectivity index (χ3n) is 1.26. The van der Waals surface area contributed by atoms with Crippen LogP contribution in [0.15, 0.2) is 30.3 Å². The molecule has 9 heavy (non-hydrogen) atoms. The highest BCUT2D eigenvalue weighted by Crippen LogP contribution is 2.14. The highest BCUT2D eigenvalue weighted by Gasteiger charge is 1.97. The van der Waals surface area contributed by atoms with E-state index in [1.807, 2.05) is 18.2 Å². The van der Waals surface area contributed by atoms with Gasteiger partial charge in [-0.25, -0.2) is 4.39 Å². The summed E-state index contributed by atoms with van der Waals surface area (Å²) in [5.74, 6) is 0. The fraction of sp³-hybridized carbons (Fsp3) is 0.250. The van der Waals surface area contributed by atoms with Crippen molar-refractivity contribution in [2.24, 2.45) is 0 Å². The van der Waals surface area contributed by atoms with E-state index in [1.54, 1.807) is 12.1 Å². The summed E-state index contributed by atoms with van der Waals surface area (Å²) >= 11 is 0. The Morgan fingerprint density at radius 3 is 2.11 bits per heavy atom. The summed E-state index contributed by atoms with van der Waals surface area (Å²) in [4.78, 5) is 0. The summed E-state index contributed by atoms with van der Waals surface area (Å²) < 4.78 is 12.4. The third-order valence-corrected chi connectivity index (χ3v) is 1.26. The molecule has 0 aromatic heterocycles. The Bertz CT molecular complexity index is 167. The van der Waals surface area contributed by atoms with Crippen molar-refractivity contribution < 1.29 is 4.39 Å². The summed E-state index contributed by atoms with van der Waals surface area (Å²) in [7, 11) is 0. The number of hydrogen-bond donors (Lipinski definition) is 0. The van der Waals surface area contributed by atoms with Crippen LogP contribution in [0.3, 0.4) is 0 Å². The minimum absolute atomic E-state index is 0.748. The van der Waals surface area contributed by atoms with Gasteiger partial charge in [0.15, 0.2) is 0 Å². The molecule has 1 aromatic rings. The van der Waals surface area contributed by atoms with Gasteiger partial charge in [-0.15, -0.1) is 0 Å². The van der Waals surface area contributed by atoms with Crippen molar-refractivity contribution >= 4 is 0 Å². The van der Waals surface area contributed by atoms with Crippen molar-refractivity contribution in [3.05, 3.63) is 35.9 Å². The van der Waals surface area contributed by atoms with Crippen LogP contribution in [0.2, 0.25) is 0 Å². The molecule has 0 amide bonds. The lowest BCUT2D eigenvalue weighted by Crippen LogP contribution is -1.81. The fourth-order valence-corrected chi connectivity index (χ4v) is 0.718. The second kappa shape index (κ2) is 2.62. The predicted octanol–water partition coefficient (Wildman–Crippen LogP) is 2.72. The first kappa shape index (κ1) is 6.27. The normalized spacial score (nSPS) is 13.1. The van der Waals surface area contributed by atoms with Gasteiger partial charge in [-0.2, -0.15) is 0 Å². The maximum Gasteiger partial charge on any atom is 0.122 e. The first-order chi connectivity index (χ1) is 4.30. The molecule has 1 rings (SSSR count). The van der Waals surface area contributed by atoms with Crippen LogP contribution in [-0.4, -0.2) is 0 Å². The summed E-state index contributed by atoms with van der Waals surface area (Å²) in [5.41, 5.74) is 0.748. The molecule has 0 heterocycles. The highest BCUT2D eigenvalue weighted by atomic mass is 19.1. The smallest absolute Gasteiger partial charge is 0.122 e. The zero-order valence-corrected chi connectivity index (χ0v) is 5.34. The highest BCUT2D eigenvalue weighted by molar-refractivity contribution is 5.16. The van der Waals surface area contributed by atoms with Crippen LogP contribution in [0.25, 0.3) is 0 Å². The van der Waals surface area contributed by atoms with Crippen molar-refractivity contribution in [1.29, 1.82) is 0 Å². The molecule has 48 valence electrons. The van der Waals surface area contributed by atoms with Crippen molar-refractivity contribution in [3.63, 3.8) is 0 Å². The molecule has 0 radical (unpaired) electrons. The van der Waals surface area contributed by atoms with Gasteiger partial charge in [-0.1, -0.05) is 30.3 Å². The van der Waals surface area contributed by atoms with Crippen LogP contribution < -0.4 is 0 Å². The molecule has 1 aromatic carbocycles. The van der Waals surface area contributed by atoms with Gasteiger partial charge in [-0.05, 0) is 12.5 Å². The van der Waals surface area contributed by atoms with E-state index in [-0.39, 0.29) is 0 Å². The Balaban J connectivity index is 2.85. The molecule has 0 aliphatic rings. The molecule has 0 N–H and O–H groups in total. The van der Waals surface area contributed by atoms with E-state index in [2.05, 4.69) is 0 Å². The lowest BCUT2D eigenvalue weighted by atomic mass is 10.1. The van der Waals surface area contributed by atoms with Crippen LogP contribution in [0.1, 0.15) is 18.7 Å². The van der Waals surface area contributed by atoms with E-state index in [0.29, 0.717) is 0 Å². The molecule has 0 aliphatic heterocycles. The first-order valence-electron chi connectivity index (χ1n) is 2.99. The van der Waals surface area contributed by atoms with E-state index < -0.39 is 6.17 Å². The van der Waals surface area contributed by atoms with E-state index in [4.69, 9.17) is 0 Å². The molecule has 0 aliphatic carbocycles. The van der Waals surface area contributed by atoms with Gasteiger partial charge in [0.2, 0.25) is 0 Å². The van der Waals surface area contributed by atoms with E-state index in [0.717, 1.165) is 5.56 Å². The summed E-state index contributed by atoms with van der Waals surface area (Å²) in [5, 5.41) is 0. The quantitative estimate of drug-likeness (QED) is 0.540. The number of halogens is 1. The Morgan fingerprint density at radius 2 is 1.78 bits per heavy atom. The Hall–Kier alpha value is -0.850. The van der Waals surface area contributed by atoms with Gasteiger partial charge in [-0.3, -0.25) is 0 Å². The Morgan fingerprint density at radius 1 is 1.22 bits per heavy atom. The van der Waals surface area contributed by atoms with Gasteiger partial charge in [0.25, 0.3) is 0 Å². The van der Waals surface area contributed by atoms with Crippen LogP contribution in [0.4, 0.5) is 4.39 Å². The molecule has 0 saturated carbocycles. The van der Waals surface area contributed by atoms with Gasteiger partial charge in [0.1, 0.15) is 6.17 Å². The summed E-state index contributed by atoms with van der Waals surface area (Å²) in [6, 6.07) is 9.12. The summed E-state index contributed by atoms with van der Waals surface area (Å²) in [6.45, 7) is 1.54. The minimum Gasteiger partial charge on any atom is -0.243 e. The van der Waals surface area contributed by atoms with E-state index in [9.17, 15) is 4.39 Å². The molecule has 0 fully saturated rings. The molecule has 1 heteroatoms. The monoisotopic (exact) mass is 124 g/mol. The molecule has 0 saturated heterocycles. The fourth-order valence-electron chi connectivity index (χ4n) is 0.718. The molecule has 1 atom stereocenters. The van der Waals surface area contributed by atoms with E-state index >= 15 is 0 Å². The number of rotatable bonds is 1. The second-order valence-corrected chi connectivity index (χ2v) is 2.03. The van der Waals surface area contributed by atoms with Crippen molar-refractivity contribution in [2.75, 3.05) is 0 Å². The number of hydrogen-bond acceptors (Lipinski definition) is 0. The first-order valence-corrected chi connectivity index (χ1v) is 2.99. The van der Waals surface area contributed by atoms with Crippen molar-refractivity contribution in [2.45, 2.75) is 13.1 Å². The van der Waals surface area contributed by atoms with Crippen molar-refractivity contribution in [1.82, 2.24) is 0 Å². The molecule has 0 unspecified atom stereocenters. The minimum atomic E-state index is -0.841. The second-order valence-electron chi connectivity index (χ2n) is 2.03. The van der Waals surface area contributed by atoms with E-state index in [1.165, 1.54) is 6.92 Å². The molecule has 0 spiro atoms. The molecule has 0 bridgehead atoms. The maximum atomic E-state index is 12.4. The Labute approximate surface area is 54.3 Å². The van der Waals surface area contributed by atoms with Crippen molar-refractivity contribution in [3.8, 4) is 0 Å². The number of benzene rings is 1. The van der Waals surface area contributed by atoms with Gasteiger partial charge < -0.3 is 0 Å². The zero-order valence-electron chi connectivity index (χ0n) is 5.34. The van der Waals surface area contributed by atoms with Crippen LogP contribution in [0.5, 0.6) is 0 Å². The van der Waals surface area contributed by atoms with Crippen LogP contribution >= 0.6 is 0 Å². The molecule has 0 nitrogen and oxygen atoms in total. The van der Waals surface area contributed by atoms with Crippen LogP contribution in [0, 0.1) is 0 Å². The summed E-state index contributed by atoms with van der Waals surface area (Å²) in [6.07, 6.45) is -0.841. The lowest BCUT2D eigenvalue weighted by molar-refractivity contribution is 0.374. The van der Waals surface area contributed by atoms with Gasteiger partial charge >= 0.3 is 0 Å². The average Bonchev–Trinajstić information content (AvgIpc) is 1.90.